The fourth-order valence-corrected chi connectivity index (χ4v) is 9.88. The van der Waals surface area contributed by atoms with Gasteiger partial charge in [-0.1, -0.05) is 361 Å². The van der Waals surface area contributed by atoms with Gasteiger partial charge in [-0.15, -0.1) is 0 Å². The summed E-state index contributed by atoms with van der Waals surface area (Å²) < 4.78 is 0. The topological polar surface area (TPSA) is 80.3 Å². The molecule has 0 rings (SSSR count). The molecule has 4 nitrogen and oxygen atoms in total. The Labute approximate surface area is 452 Å². The Hall–Kier alpha value is 0.200. The summed E-state index contributed by atoms with van der Waals surface area (Å²) in [5.74, 6) is -1.80. The molecule has 0 radical (unpaired) electrons. The number of unbranched alkanes of at least 4 members (excludes halogenated alkanes) is 54. The van der Waals surface area contributed by atoms with Gasteiger partial charge in [0.15, 0.2) is 0 Å². The first-order valence-corrected chi connectivity index (χ1v) is 30.9. The molecule has 0 atom stereocenters. The van der Waals surface area contributed by atoms with Crippen molar-refractivity contribution in [1.82, 2.24) is 0 Å². The SMILES string of the molecule is CCCCCCCCCCCCCCCCCCCCCCCCCCCCCCC(=O)[O-].CCCCCCCCCCCCCCCCCCCCCCCCCCCCCCC(=O)[O-].[Ca+2]. The maximum absolute atomic E-state index is 10.3. The Morgan fingerprint density at radius 2 is 0.284 bits per heavy atom. The third-order valence-electron chi connectivity index (χ3n) is 14.5. The Morgan fingerprint density at radius 1 is 0.194 bits per heavy atom. The molecule has 0 aromatic heterocycles. The number of carbonyl (C=O) groups is 2. The Kier molecular flexibility index (Phi) is 72.8. The zero-order chi connectivity index (χ0) is 48.2. The fraction of sp³-hybridized carbons (Fsp3) is 0.968. The molecule has 0 N–H and O–H groups in total. The second-order valence-electron chi connectivity index (χ2n) is 21.3. The van der Waals surface area contributed by atoms with Gasteiger partial charge in [0.1, 0.15) is 0 Å². The predicted octanol–water partition coefficient (Wildman–Crippen LogP) is 19.8. The smallest absolute Gasteiger partial charge is 0.550 e. The van der Waals surface area contributed by atoms with Crippen LogP contribution in [0.25, 0.3) is 0 Å². The van der Waals surface area contributed by atoms with E-state index in [1.165, 1.54) is 334 Å². The summed E-state index contributed by atoms with van der Waals surface area (Å²) in [6, 6.07) is 0. The molecule has 396 valence electrons. The van der Waals surface area contributed by atoms with Crippen molar-refractivity contribution in [1.29, 1.82) is 0 Å². The minimum atomic E-state index is -0.898. The van der Waals surface area contributed by atoms with E-state index >= 15 is 0 Å². The van der Waals surface area contributed by atoms with Gasteiger partial charge >= 0.3 is 37.7 Å². The molecule has 0 aliphatic rings. The van der Waals surface area contributed by atoms with E-state index in [1.807, 2.05) is 0 Å². The first-order chi connectivity index (χ1) is 32.5. The molecule has 0 aliphatic heterocycles. The molecule has 0 bridgehead atoms. The molecular weight excluding hydrogens is 849 g/mol. The quantitative estimate of drug-likeness (QED) is 0.0449. The summed E-state index contributed by atoms with van der Waals surface area (Å²) in [4.78, 5) is 20.7. The van der Waals surface area contributed by atoms with Crippen LogP contribution in [0.2, 0.25) is 0 Å². The average molecular weight is 972 g/mol. The van der Waals surface area contributed by atoms with E-state index in [9.17, 15) is 19.8 Å². The van der Waals surface area contributed by atoms with E-state index in [1.54, 1.807) is 0 Å². The number of rotatable bonds is 58. The van der Waals surface area contributed by atoms with Crippen LogP contribution in [0.4, 0.5) is 0 Å². The van der Waals surface area contributed by atoms with E-state index in [4.69, 9.17) is 0 Å². The Morgan fingerprint density at radius 3 is 0.373 bits per heavy atom. The molecule has 5 heteroatoms. The van der Waals surface area contributed by atoms with Gasteiger partial charge in [-0.05, 0) is 25.7 Å². The molecular formula is C62H122CaO4. The van der Waals surface area contributed by atoms with Crippen molar-refractivity contribution in [2.75, 3.05) is 0 Å². The van der Waals surface area contributed by atoms with Crippen LogP contribution in [0.3, 0.4) is 0 Å². The maximum atomic E-state index is 10.3. The third-order valence-corrected chi connectivity index (χ3v) is 14.5. The minimum absolute atomic E-state index is 0. The van der Waals surface area contributed by atoms with Crippen molar-refractivity contribution in [3.8, 4) is 0 Å². The predicted molar refractivity (Wildman–Crippen MR) is 295 cm³/mol. The van der Waals surface area contributed by atoms with Crippen molar-refractivity contribution in [2.24, 2.45) is 0 Å². The Bertz CT molecular complexity index is 809. The summed E-state index contributed by atoms with van der Waals surface area (Å²) in [6.07, 6.45) is 78.2. The molecule has 0 aromatic carbocycles. The number of aliphatic carboxylic acids is 2. The summed E-state index contributed by atoms with van der Waals surface area (Å²) >= 11 is 0. The number of hydrogen-bond donors (Lipinski definition) is 0. The number of hydrogen-bond acceptors (Lipinski definition) is 4. The van der Waals surface area contributed by atoms with Gasteiger partial charge in [-0.25, -0.2) is 0 Å². The van der Waals surface area contributed by atoms with Crippen molar-refractivity contribution in [3.05, 3.63) is 0 Å². The second-order valence-corrected chi connectivity index (χ2v) is 21.3. The van der Waals surface area contributed by atoms with E-state index in [-0.39, 0.29) is 50.6 Å². The Balaban J connectivity index is -0.00000120. The van der Waals surface area contributed by atoms with Crippen LogP contribution in [-0.4, -0.2) is 49.7 Å². The van der Waals surface area contributed by atoms with Gasteiger partial charge in [0.2, 0.25) is 0 Å². The van der Waals surface area contributed by atoms with E-state index in [0.29, 0.717) is 0 Å². The number of carbonyl (C=O) groups excluding carboxylic acids is 2. The first kappa shape index (κ1) is 71.5. The largest absolute Gasteiger partial charge is 2.00 e. The van der Waals surface area contributed by atoms with Gasteiger partial charge in [0, 0.05) is 11.9 Å². The summed E-state index contributed by atoms with van der Waals surface area (Å²) in [5.41, 5.74) is 0. The van der Waals surface area contributed by atoms with Gasteiger partial charge in [-0.3, -0.25) is 0 Å². The van der Waals surface area contributed by atoms with Crippen LogP contribution < -0.4 is 10.2 Å². The van der Waals surface area contributed by atoms with Crippen LogP contribution in [0.5, 0.6) is 0 Å². The maximum Gasteiger partial charge on any atom is 2.00 e. The monoisotopic (exact) mass is 971 g/mol. The van der Waals surface area contributed by atoms with Gasteiger partial charge in [0.05, 0.1) is 0 Å². The zero-order valence-corrected chi connectivity index (χ0v) is 48.6. The molecule has 0 fully saturated rings. The third kappa shape index (κ3) is 75.3. The molecule has 0 unspecified atom stereocenters. The molecule has 0 amide bonds. The van der Waals surface area contributed by atoms with E-state index in [2.05, 4.69) is 13.8 Å². The molecule has 67 heavy (non-hydrogen) atoms. The minimum Gasteiger partial charge on any atom is -0.550 e. The van der Waals surface area contributed by atoms with Crippen molar-refractivity contribution in [2.45, 2.75) is 386 Å². The normalized spacial score (nSPS) is 11.1. The van der Waals surface area contributed by atoms with Crippen LogP contribution in [-0.2, 0) is 9.59 Å². The van der Waals surface area contributed by atoms with E-state index in [0.717, 1.165) is 25.7 Å². The average Bonchev–Trinajstić information content (AvgIpc) is 3.30. The van der Waals surface area contributed by atoms with Gasteiger partial charge in [-0.2, -0.15) is 0 Å². The summed E-state index contributed by atoms with van der Waals surface area (Å²) in [7, 11) is 0. The molecule has 0 saturated carbocycles. The van der Waals surface area contributed by atoms with Crippen LogP contribution in [0.15, 0.2) is 0 Å². The molecule has 0 aliphatic carbocycles. The summed E-state index contributed by atoms with van der Waals surface area (Å²) in [6.45, 7) is 4.59. The van der Waals surface area contributed by atoms with Gasteiger partial charge in [0.25, 0.3) is 0 Å². The van der Waals surface area contributed by atoms with Crippen molar-refractivity contribution in [3.63, 3.8) is 0 Å². The molecule has 0 saturated heterocycles. The van der Waals surface area contributed by atoms with Crippen LogP contribution in [0.1, 0.15) is 386 Å². The first-order valence-electron chi connectivity index (χ1n) is 30.9. The van der Waals surface area contributed by atoms with E-state index < -0.39 is 11.9 Å². The van der Waals surface area contributed by atoms with Crippen LogP contribution >= 0.6 is 0 Å². The standard InChI is InChI=1S/2C31H62O2.Ca/c2*1-2-3-4-5-6-7-8-9-10-11-12-13-14-15-16-17-18-19-20-21-22-23-24-25-26-27-28-29-30-31(32)33;/h2*2-30H2,1H3,(H,32,33);/q;;+2/p-2. The molecule has 0 aromatic rings. The fourth-order valence-electron chi connectivity index (χ4n) is 9.88. The van der Waals surface area contributed by atoms with Gasteiger partial charge < -0.3 is 19.8 Å². The molecule has 0 spiro atoms. The number of carboxylic acid groups (broad SMARTS) is 2. The number of carboxylic acids is 2. The molecule has 0 heterocycles. The zero-order valence-electron chi connectivity index (χ0n) is 46.4. The summed E-state index contributed by atoms with van der Waals surface area (Å²) in [5, 5.41) is 20.7. The van der Waals surface area contributed by atoms with Crippen molar-refractivity contribution < 1.29 is 19.8 Å². The van der Waals surface area contributed by atoms with Crippen LogP contribution in [0, 0.1) is 0 Å². The second kappa shape index (κ2) is 68.3. The van der Waals surface area contributed by atoms with Crippen molar-refractivity contribution >= 4 is 49.7 Å².